The Kier molecular flexibility index (Phi) is 5.86. The van der Waals surface area contributed by atoms with Crippen LogP contribution in [-0.4, -0.2) is 59.0 Å². The molecular weight excluding hydrogens is 406 g/mol. The van der Waals surface area contributed by atoms with Gasteiger partial charge in [0, 0.05) is 18.6 Å². The second-order valence-corrected chi connectivity index (χ2v) is 10.2. The van der Waals surface area contributed by atoms with Gasteiger partial charge >= 0.3 is 0 Å². The van der Waals surface area contributed by atoms with E-state index in [0.29, 0.717) is 0 Å². The fourth-order valence-corrected chi connectivity index (χ4v) is 6.67. The third-order valence-corrected chi connectivity index (χ3v) is 8.15. The van der Waals surface area contributed by atoms with Crippen molar-refractivity contribution in [3.63, 3.8) is 0 Å². The second-order valence-electron chi connectivity index (χ2n) is 10.2. The molecule has 7 heteroatoms. The van der Waals surface area contributed by atoms with Crippen molar-refractivity contribution >= 4 is 17.7 Å². The number of carbonyl (C=O) groups is 3. The molecule has 5 atom stereocenters. The van der Waals surface area contributed by atoms with Crippen molar-refractivity contribution in [3.05, 3.63) is 24.8 Å². The topological polar surface area (TPSA) is 87.7 Å². The third-order valence-electron chi connectivity index (χ3n) is 8.15. The first kappa shape index (κ1) is 21.7. The molecule has 3 aliphatic heterocycles. The number of likely N-dealkylation sites (tertiary alicyclic amines) is 1. The second kappa shape index (κ2) is 8.65. The predicted molar refractivity (Wildman–Crippen MR) is 119 cm³/mol. The molecule has 0 radical (unpaired) electrons. The van der Waals surface area contributed by atoms with E-state index in [1.54, 1.807) is 11.0 Å². The highest BCUT2D eigenvalue weighted by molar-refractivity contribution is 6.00. The number of ether oxygens (including phenoxy) is 1. The summed E-state index contributed by atoms with van der Waals surface area (Å²) in [5, 5.41) is 6.38. The highest BCUT2D eigenvalue weighted by atomic mass is 16.5. The van der Waals surface area contributed by atoms with Gasteiger partial charge in [-0.05, 0) is 25.7 Å². The Hall–Kier alpha value is -2.15. The Morgan fingerprint density at radius 3 is 2.22 bits per heavy atom. The fourth-order valence-electron chi connectivity index (χ4n) is 6.67. The van der Waals surface area contributed by atoms with E-state index in [-0.39, 0.29) is 36.3 Å². The lowest BCUT2D eigenvalue weighted by Gasteiger charge is -2.33. The van der Waals surface area contributed by atoms with Gasteiger partial charge in [0.25, 0.3) is 0 Å². The minimum atomic E-state index is -1.07. The van der Waals surface area contributed by atoms with E-state index in [9.17, 15) is 14.4 Å². The van der Waals surface area contributed by atoms with Gasteiger partial charge in [0.2, 0.25) is 17.7 Å². The molecule has 0 aromatic carbocycles. The summed E-state index contributed by atoms with van der Waals surface area (Å²) < 4.78 is 6.35. The third kappa shape index (κ3) is 3.49. The van der Waals surface area contributed by atoms with E-state index in [4.69, 9.17) is 4.74 Å². The maximum Gasteiger partial charge on any atom is 0.246 e. The number of hydrogen-bond donors (Lipinski definition) is 2. The number of nitrogens with zero attached hydrogens (tertiary/aromatic N) is 1. The molecule has 2 N–H and O–H groups in total. The van der Waals surface area contributed by atoms with Crippen LogP contribution in [0, 0.1) is 11.8 Å². The maximum atomic E-state index is 13.6. The molecule has 4 fully saturated rings. The van der Waals surface area contributed by atoms with Crippen molar-refractivity contribution in [2.75, 3.05) is 6.54 Å². The van der Waals surface area contributed by atoms with Crippen LogP contribution in [0.5, 0.6) is 0 Å². The smallest absolute Gasteiger partial charge is 0.246 e. The van der Waals surface area contributed by atoms with Crippen molar-refractivity contribution in [2.45, 2.75) is 94.0 Å². The molecule has 1 spiro atoms. The fraction of sp³-hybridized carbons (Fsp3) is 0.720. The standard InChI is InChI=1S/C25H35N3O4/c1-2-15-28-21(23(30)27-17-11-7-4-8-12-17)25-14-13-18(32-25)19(20(25)24(28)31)22(29)26-16-9-5-3-6-10-16/h2,13-14,16-21H,1,3-12,15H2,(H,26,29)(H,27,30)/t18-,19+,20+,21+,25+/m0/s1. The zero-order chi connectivity index (χ0) is 22.3. The molecule has 2 bridgehead atoms. The molecular formula is C25H35N3O4. The number of hydrogen-bond acceptors (Lipinski definition) is 4. The number of rotatable bonds is 6. The molecule has 2 aliphatic carbocycles. The van der Waals surface area contributed by atoms with Crippen LogP contribution in [0.3, 0.4) is 0 Å². The SMILES string of the molecule is C=CCN1C(=O)[C@H]2[C@H](C(=O)NC3CCCCC3)[C@@H]3C=C[C@]2(O3)[C@H]1C(=O)NC1CCCCC1. The van der Waals surface area contributed by atoms with Crippen molar-refractivity contribution in [1.29, 1.82) is 0 Å². The molecule has 0 aromatic rings. The number of amides is 3. The number of nitrogens with one attached hydrogen (secondary N) is 2. The average molecular weight is 442 g/mol. The van der Waals surface area contributed by atoms with E-state index in [1.807, 2.05) is 12.2 Å². The van der Waals surface area contributed by atoms with E-state index in [2.05, 4.69) is 17.2 Å². The van der Waals surface area contributed by atoms with E-state index in [0.717, 1.165) is 51.4 Å². The summed E-state index contributed by atoms with van der Waals surface area (Å²) in [6.45, 7) is 4.05. The zero-order valence-corrected chi connectivity index (χ0v) is 18.8. The number of fused-ring (bicyclic) bond motifs is 1. The quantitative estimate of drug-likeness (QED) is 0.619. The first-order chi connectivity index (χ1) is 15.5. The normalized spacial score (nSPS) is 36.9. The molecule has 5 rings (SSSR count). The van der Waals surface area contributed by atoms with Crippen molar-refractivity contribution in [1.82, 2.24) is 15.5 Å². The van der Waals surface area contributed by atoms with Crippen LogP contribution in [0.15, 0.2) is 24.8 Å². The van der Waals surface area contributed by atoms with Crippen LogP contribution in [0.2, 0.25) is 0 Å². The van der Waals surface area contributed by atoms with Crippen LogP contribution in [0.4, 0.5) is 0 Å². The van der Waals surface area contributed by atoms with Gasteiger partial charge in [-0.25, -0.2) is 0 Å². The molecule has 7 nitrogen and oxygen atoms in total. The highest BCUT2D eigenvalue weighted by Crippen LogP contribution is 2.55. The maximum absolute atomic E-state index is 13.6. The largest absolute Gasteiger partial charge is 0.359 e. The lowest BCUT2D eigenvalue weighted by Crippen LogP contribution is -2.56. The van der Waals surface area contributed by atoms with Gasteiger partial charge < -0.3 is 20.3 Å². The van der Waals surface area contributed by atoms with Crippen LogP contribution >= 0.6 is 0 Å². The van der Waals surface area contributed by atoms with Gasteiger partial charge in [-0.1, -0.05) is 56.8 Å². The van der Waals surface area contributed by atoms with Crippen LogP contribution in [-0.2, 0) is 19.1 Å². The Balaban J connectivity index is 1.39. The van der Waals surface area contributed by atoms with Gasteiger partial charge in [0.15, 0.2) is 0 Å². The first-order valence-electron chi connectivity index (χ1n) is 12.4. The Labute approximate surface area is 190 Å². The molecule has 0 aromatic heterocycles. The number of carbonyl (C=O) groups excluding carboxylic acids is 3. The molecule has 2 saturated carbocycles. The molecule has 32 heavy (non-hydrogen) atoms. The average Bonchev–Trinajstić information content (AvgIpc) is 3.43. The Morgan fingerprint density at radius 1 is 1.03 bits per heavy atom. The summed E-state index contributed by atoms with van der Waals surface area (Å²) >= 11 is 0. The zero-order valence-electron chi connectivity index (χ0n) is 18.8. The van der Waals surface area contributed by atoms with Crippen molar-refractivity contribution < 1.29 is 19.1 Å². The highest BCUT2D eigenvalue weighted by Gasteiger charge is 2.72. The summed E-state index contributed by atoms with van der Waals surface area (Å²) in [4.78, 5) is 42.0. The predicted octanol–water partition coefficient (Wildman–Crippen LogP) is 2.22. The van der Waals surface area contributed by atoms with Gasteiger partial charge in [-0.2, -0.15) is 0 Å². The van der Waals surface area contributed by atoms with Crippen LogP contribution < -0.4 is 10.6 Å². The molecule has 5 aliphatic rings. The first-order valence-corrected chi connectivity index (χ1v) is 12.4. The van der Waals surface area contributed by atoms with Crippen molar-refractivity contribution in [3.8, 4) is 0 Å². The minimum absolute atomic E-state index is 0.113. The molecule has 3 amide bonds. The van der Waals surface area contributed by atoms with Gasteiger partial charge in [0.1, 0.15) is 11.6 Å². The van der Waals surface area contributed by atoms with Crippen LogP contribution in [0.25, 0.3) is 0 Å². The lowest BCUT2D eigenvalue weighted by atomic mass is 9.74. The van der Waals surface area contributed by atoms with Crippen LogP contribution in [0.1, 0.15) is 64.2 Å². The summed E-state index contributed by atoms with van der Waals surface area (Å²) in [5.41, 5.74) is -1.07. The van der Waals surface area contributed by atoms with Gasteiger partial charge in [0.05, 0.1) is 17.9 Å². The summed E-state index contributed by atoms with van der Waals surface area (Å²) in [6, 6.07) is -0.462. The molecule has 174 valence electrons. The van der Waals surface area contributed by atoms with Gasteiger partial charge in [-0.3, -0.25) is 14.4 Å². The molecule has 0 unspecified atom stereocenters. The van der Waals surface area contributed by atoms with Crippen molar-refractivity contribution in [2.24, 2.45) is 11.8 Å². The summed E-state index contributed by atoms with van der Waals surface area (Å²) in [5.74, 6) is -1.71. The molecule has 2 saturated heterocycles. The van der Waals surface area contributed by atoms with E-state index in [1.165, 1.54) is 12.8 Å². The summed E-state index contributed by atoms with van der Waals surface area (Å²) in [6.07, 6.45) is 15.7. The van der Waals surface area contributed by atoms with Gasteiger partial charge in [-0.15, -0.1) is 6.58 Å². The van der Waals surface area contributed by atoms with E-state index < -0.39 is 29.6 Å². The molecule has 3 heterocycles. The minimum Gasteiger partial charge on any atom is -0.359 e. The Bertz CT molecular complexity index is 814. The van der Waals surface area contributed by atoms with E-state index >= 15 is 0 Å². The summed E-state index contributed by atoms with van der Waals surface area (Å²) in [7, 11) is 0. The lowest BCUT2D eigenvalue weighted by molar-refractivity contribution is -0.141. The monoisotopic (exact) mass is 441 g/mol. The Morgan fingerprint density at radius 2 is 1.62 bits per heavy atom.